The summed E-state index contributed by atoms with van der Waals surface area (Å²) in [6, 6.07) is 3.35. The molecule has 1 aliphatic carbocycles. The summed E-state index contributed by atoms with van der Waals surface area (Å²) in [4.78, 5) is 13.7. The van der Waals surface area contributed by atoms with E-state index in [2.05, 4.69) is 10.3 Å². The van der Waals surface area contributed by atoms with Crippen LogP contribution in [0.25, 0.3) is 0 Å². The number of methoxy groups -OCH3 is 1. The highest BCUT2D eigenvalue weighted by atomic mass is 16.6. The normalized spacial score (nSPS) is 23.6. The van der Waals surface area contributed by atoms with Gasteiger partial charge in [0.15, 0.2) is 6.20 Å². The van der Waals surface area contributed by atoms with Gasteiger partial charge in [0, 0.05) is 13.2 Å². The molecule has 0 radical (unpaired) electrons. The molecule has 0 bridgehead atoms. The smallest absolute Gasteiger partial charge is 0.363 e. The Balaban J connectivity index is 2.01. The van der Waals surface area contributed by atoms with Crippen LogP contribution >= 0.6 is 0 Å². The lowest BCUT2D eigenvalue weighted by Gasteiger charge is -2.19. The standard InChI is InChI=1S/C11H15N3O3/c1-17-10-4-2-3-9(10)13-8-5-6-11(12-7-8)14(15)16/h5-7,9-10,13H,2-4H2,1H3. The number of hydrogen-bond acceptors (Lipinski definition) is 5. The summed E-state index contributed by atoms with van der Waals surface area (Å²) in [5.41, 5.74) is 0.796. The first-order chi connectivity index (χ1) is 8.20. The number of pyridine rings is 1. The van der Waals surface area contributed by atoms with E-state index in [1.54, 1.807) is 13.2 Å². The fourth-order valence-corrected chi connectivity index (χ4v) is 2.17. The Morgan fingerprint density at radius 3 is 2.94 bits per heavy atom. The molecule has 1 saturated carbocycles. The number of rotatable bonds is 4. The van der Waals surface area contributed by atoms with Crippen LogP contribution in [0.1, 0.15) is 19.3 Å². The molecule has 17 heavy (non-hydrogen) atoms. The Morgan fingerprint density at radius 1 is 1.53 bits per heavy atom. The minimum absolute atomic E-state index is 0.134. The average molecular weight is 237 g/mol. The SMILES string of the molecule is COC1CCCC1Nc1ccc([N+](=O)[O-])nc1. The van der Waals surface area contributed by atoms with E-state index in [1.165, 1.54) is 12.3 Å². The molecule has 0 saturated heterocycles. The maximum atomic E-state index is 10.5. The van der Waals surface area contributed by atoms with Gasteiger partial charge in [-0.1, -0.05) is 0 Å². The molecule has 1 aromatic rings. The second-order valence-electron chi connectivity index (χ2n) is 4.12. The minimum atomic E-state index is -0.503. The van der Waals surface area contributed by atoms with Crippen molar-refractivity contribution in [3.05, 3.63) is 28.4 Å². The number of anilines is 1. The first-order valence-corrected chi connectivity index (χ1v) is 5.60. The van der Waals surface area contributed by atoms with Crippen molar-refractivity contribution in [2.45, 2.75) is 31.4 Å². The lowest BCUT2D eigenvalue weighted by Crippen LogP contribution is -2.29. The van der Waals surface area contributed by atoms with Crippen molar-refractivity contribution >= 4 is 11.5 Å². The fraction of sp³-hybridized carbons (Fsp3) is 0.545. The third-order valence-electron chi connectivity index (χ3n) is 3.04. The van der Waals surface area contributed by atoms with Crippen LogP contribution in [-0.2, 0) is 4.74 Å². The van der Waals surface area contributed by atoms with Gasteiger partial charge >= 0.3 is 5.82 Å². The Morgan fingerprint density at radius 2 is 2.35 bits per heavy atom. The van der Waals surface area contributed by atoms with Crippen LogP contribution in [0, 0.1) is 10.1 Å². The highest BCUT2D eigenvalue weighted by molar-refractivity contribution is 5.44. The summed E-state index contributed by atoms with van der Waals surface area (Å²) >= 11 is 0. The number of ether oxygens (including phenoxy) is 1. The number of hydrogen-bond donors (Lipinski definition) is 1. The molecule has 1 aliphatic rings. The third kappa shape index (κ3) is 2.71. The van der Waals surface area contributed by atoms with Crippen LogP contribution in [0.4, 0.5) is 11.5 Å². The van der Waals surface area contributed by atoms with Gasteiger partial charge in [0.25, 0.3) is 0 Å². The predicted octanol–water partition coefficient (Wildman–Crippen LogP) is 1.97. The van der Waals surface area contributed by atoms with Crippen LogP contribution in [0.15, 0.2) is 18.3 Å². The van der Waals surface area contributed by atoms with Gasteiger partial charge in [-0.25, -0.2) is 0 Å². The average Bonchev–Trinajstić information content (AvgIpc) is 2.77. The number of nitrogens with one attached hydrogen (secondary N) is 1. The molecule has 1 fully saturated rings. The first-order valence-electron chi connectivity index (χ1n) is 5.60. The second-order valence-corrected chi connectivity index (χ2v) is 4.12. The van der Waals surface area contributed by atoms with Crippen LogP contribution in [0.3, 0.4) is 0 Å². The molecule has 0 aromatic carbocycles. The minimum Gasteiger partial charge on any atom is -0.379 e. The maximum absolute atomic E-state index is 10.5. The second kappa shape index (κ2) is 5.09. The van der Waals surface area contributed by atoms with Crippen LogP contribution < -0.4 is 5.32 Å². The summed E-state index contributed by atoms with van der Waals surface area (Å²) < 4.78 is 5.37. The Bertz CT molecular complexity index is 393. The van der Waals surface area contributed by atoms with Gasteiger partial charge in [0.1, 0.15) is 0 Å². The molecule has 2 unspecified atom stereocenters. The predicted molar refractivity (Wildman–Crippen MR) is 63.0 cm³/mol. The lowest BCUT2D eigenvalue weighted by atomic mass is 10.2. The van der Waals surface area contributed by atoms with Crippen LogP contribution in [0.5, 0.6) is 0 Å². The van der Waals surface area contributed by atoms with Crippen LogP contribution in [0.2, 0.25) is 0 Å². The van der Waals surface area contributed by atoms with Crippen molar-refractivity contribution in [1.29, 1.82) is 0 Å². The van der Waals surface area contributed by atoms with Gasteiger partial charge in [-0.2, -0.15) is 0 Å². The topological polar surface area (TPSA) is 77.3 Å². The van der Waals surface area contributed by atoms with E-state index in [4.69, 9.17) is 4.74 Å². The summed E-state index contributed by atoms with van der Waals surface area (Å²) in [6.07, 6.45) is 4.94. The Kier molecular flexibility index (Phi) is 3.53. The number of nitro groups is 1. The highest BCUT2D eigenvalue weighted by Crippen LogP contribution is 2.25. The van der Waals surface area contributed by atoms with Gasteiger partial charge in [-0.15, -0.1) is 0 Å². The van der Waals surface area contributed by atoms with E-state index in [1.807, 2.05) is 0 Å². The molecule has 0 amide bonds. The highest BCUT2D eigenvalue weighted by Gasteiger charge is 2.27. The molecule has 0 aliphatic heterocycles. The molecule has 2 atom stereocenters. The largest absolute Gasteiger partial charge is 0.379 e. The summed E-state index contributed by atoms with van der Waals surface area (Å²) in [5, 5.41) is 13.8. The zero-order chi connectivity index (χ0) is 12.3. The Hall–Kier alpha value is -1.69. The molecule has 1 N–H and O–H groups in total. The van der Waals surface area contributed by atoms with Crippen molar-refractivity contribution < 1.29 is 9.66 Å². The lowest BCUT2D eigenvalue weighted by molar-refractivity contribution is -0.389. The third-order valence-corrected chi connectivity index (χ3v) is 3.04. The molecule has 6 heteroatoms. The Labute approximate surface area is 99.2 Å². The molecule has 0 spiro atoms. The first kappa shape index (κ1) is 11.8. The van der Waals surface area contributed by atoms with E-state index in [0.29, 0.717) is 0 Å². The molecule has 1 heterocycles. The van der Waals surface area contributed by atoms with Gasteiger partial charge in [0.05, 0.1) is 17.8 Å². The van der Waals surface area contributed by atoms with Crippen molar-refractivity contribution in [2.24, 2.45) is 0 Å². The summed E-state index contributed by atoms with van der Waals surface area (Å²) in [6.45, 7) is 0. The molecule has 1 aromatic heterocycles. The molecule has 92 valence electrons. The monoisotopic (exact) mass is 237 g/mol. The number of aromatic nitrogens is 1. The quantitative estimate of drug-likeness (QED) is 0.639. The van der Waals surface area contributed by atoms with E-state index >= 15 is 0 Å². The van der Waals surface area contributed by atoms with Gasteiger partial charge in [0.2, 0.25) is 0 Å². The van der Waals surface area contributed by atoms with Gasteiger partial charge in [-0.05, 0) is 35.2 Å². The van der Waals surface area contributed by atoms with E-state index in [-0.39, 0.29) is 18.0 Å². The molecule has 6 nitrogen and oxygen atoms in total. The zero-order valence-electron chi connectivity index (χ0n) is 9.63. The zero-order valence-corrected chi connectivity index (χ0v) is 9.63. The van der Waals surface area contributed by atoms with Gasteiger partial charge < -0.3 is 20.2 Å². The van der Waals surface area contributed by atoms with E-state index < -0.39 is 4.92 Å². The number of nitrogens with zero attached hydrogens (tertiary/aromatic N) is 2. The van der Waals surface area contributed by atoms with Crippen molar-refractivity contribution in [3.8, 4) is 0 Å². The van der Waals surface area contributed by atoms with Crippen molar-refractivity contribution in [1.82, 2.24) is 4.98 Å². The maximum Gasteiger partial charge on any atom is 0.363 e. The molecule has 2 rings (SSSR count). The summed E-state index contributed by atoms with van der Waals surface area (Å²) in [5.74, 6) is -0.134. The van der Waals surface area contributed by atoms with Gasteiger partial charge in [-0.3, -0.25) is 0 Å². The fourth-order valence-electron chi connectivity index (χ4n) is 2.17. The van der Waals surface area contributed by atoms with E-state index in [9.17, 15) is 10.1 Å². The summed E-state index contributed by atoms with van der Waals surface area (Å²) in [7, 11) is 1.71. The van der Waals surface area contributed by atoms with E-state index in [0.717, 1.165) is 24.9 Å². The van der Waals surface area contributed by atoms with Crippen molar-refractivity contribution in [2.75, 3.05) is 12.4 Å². The molecular formula is C11H15N3O3. The molecular weight excluding hydrogens is 222 g/mol. The van der Waals surface area contributed by atoms with Crippen LogP contribution in [-0.4, -0.2) is 29.2 Å². The van der Waals surface area contributed by atoms with Crippen molar-refractivity contribution in [3.63, 3.8) is 0 Å².